The molecule has 1 saturated heterocycles. The summed E-state index contributed by atoms with van der Waals surface area (Å²) in [4.78, 5) is 5.11. The first-order valence-electron chi connectivity index (χ1n) is 8.18. The minimum absolute atomic E-state index is 0.104. The van der Waals surface area contributed by atoms with E-state index in [4.69, 9.17) is 21.7 Å². The zero-order valence-electron chi connectivity index (χ0n) is 14.4. The van der Waals surface area contributed by atoms with Crippen LogP contribution in [-0.2, 0) is 0 Å². The molecule has 0 saturated carbocycles. The lowest BCUT2D eigenvalue weighted by Crippen LogP contribution is -2.48. The van der Waals surface area contributed by atoms with E-state index >= 15 is 0 Å². The van der Waals surface area contributed by atoms with E-state index in [1.54, 1.807) is 13.2 Å². The second-order valence-corrected chi connectivity index (χ2v) is 6.22. The summed E-state index contributed by atoms with van der Waals surface area (Å²) in [5.41, 5.74) is 1.82. The Morgan fingerprint density at radius 2 is 1.64 bits per heavy atom. The number of para-hydroxylation sites is 1. The SMILES string of the molecule is COc1ccc(N2CCN(C(=S)c3cccc(OC)c3O)CC2)cc1. The van der Waals surface area contributed by atoms with E-state index in [1.807, 2.05) is 24.3 Å². The van der Waals surface area contributed by atoms with Gasteiger partial charge in [-0.3, -0.25) is 0 Å². The average molecular weight is 358 g/mol. The Morgan fingerprint density at radius 3 is 2.24 bits per heavy atom. The quantitative estimate of drug-likeness (QED) is 0.848. The minimum atomic E-state index is 0.104. The van der Waals surface area contributed by atoms with Gasteiger partial charge in [0, 0.05) is 31.9 Å². The second kappa shape index (κ2) is 7.61. The maximum Gasteiger partial charge on any atom is 0.168 e. The van der Waals surface area contributed by atoms with Gasteiger partial charge in [0.1, 0.15) is 10.7 Å². The Labute approximate surface area is 153 Å². The largest absolute Gasteiger partial charge is 0.504 e. The molecule has 3 rings (SSSR count). The zero-order chi connectivity index (χ0) is 17.8. The maximum absolute atomic E-state index is 10.3. The number of thiocarbonyl (C=S) groups is 1. The molecule has 0 spiro atoms. The van der Waals surface area contributed by atoms with Crippen LogP contribution in [0, 0.1) is 0 Å². The topological polar surface area (TPSA) is 45.2 Å². The maximum atomic E-state index is 10.3. The first-order valence-corrected chi connectivity index (χ1v) is 8.59. The van der Waals surface area contributed by atoms with Crippen molar-refractivity contribution in [2.45, 2.75) is 0 Å². The van der Waals surface area contributed by atoms with E-state index < -0.39 is 0 Å². The van der Waals surface area contributed by atoms with Gasteiger partial charge < -0.3 is 24.4 Å². The Bertz CT molecular complexity index is 741. The van der Waals surface area contributed by atoms with Crippen molar-refractivity contribution in [2.24, 2.45) is 0 Å². The van der Waals surface area contributed by atoms with Gasteiger partial charge in [-0.2, -0.15) is 0 Å². The summed E-state index contributed by atoms with van der Waals surface area (Å²) in [6, 6.07) is 13.5. The molecule has 1 fully saturated rings. The molecule has 132 valence electrons. The number of phenolic OH excluding ortho intramolecular Hbond substituents is 1. The van der Waals surface area contributed by atoms with E-state index in [1.165, 1.54) is 12.8 Å². The molecule has 1 heterocycles. The summed E-state index contributed by atoms with van der Waals surface area (Å²) < 4.78 is 10.4. The molecule has 0 aliphatic carbocycles. The lowest BCUT2D eigenvalue weighted by molar-refractivity contribution is 0.368. The van der Waals surface area contributed by atoms with Crippen LogP contribution in [0.15, 0.2) is 42.5 Å². The van der Waals surface area contributed by atoms with Crippen molar-refractivity contribution in [2.75, 3.05) is 45.3 Å². The molecule has 0 bridgehead atoms. The highest BCUT2D eigenvalue weighted by molar-refractivity contribution is 7.80. The van der Waals surface area contributed by atoms with Gasteiger partial charge in [-0.15, -0.1) is 0 Å². The average Bonchev–Trinajstić information content (AvgIpc) is 2.68. The molecule has 25 heavy (non-hydrogen) atoms. The van der Waals surface area contributed by atoms with Crippen molar-refractivity contribution in [1.29, 1.82) is 0 Å². The van der Waals surface area contributed by atoms with Crippen molar-refractivity contribution < 1.29 is 14.6 Å². The predicted molar refractivity (Wildman–Crippen MR) is 103 cm³/mol. The Kier molecular flexibility index (Phi) is 5.28. The van der Waals surface area contributed by atoms with E-state index in [2.05, 4.69) is 21.9 Å². The van der Waals surface area contributed by atoms with Gasteiger partial charge in [0.05, 0.1) is 19.8 Å². The highest BCUT2D eigenvalue weighted by Crippen LogP contribution is 2.31. The summed E-state index contributed by atoms with van der Waals surface area (Å²) in [5, 5.41) is 10.3. The van der Waals surface area contributed by atoms with Crippen molar-refractivity contribution in [1.82, 2.24) is 4.90 Å². The van der Waals surface area contributed by atoms with Gasteiger partial charge in [-0.25, -0.2) is 0 Å². The van der Waals surface area contributed by atoms with Gasteiger partial charge in [-0.05, 0) is 36.4 Å². The second-order valence-electron chi connectivity index (χ2n) is 5.83. The van der Waals surface area contributed by atoms with Crippen molar-refractivity contribution >= 4 is 22.9 Å². The number of anilines is 1. The lowest BCUT2D eigenvalue weighted by atomic mass is 10.1. The van der Waals surface area contributed by atoms with Gasteiger partial charge in [-0.1, -0.05) is 18.3 Å². The van der Waals surface area contributed by atoms with E-state index in [9.17, 15) is 5.11 Å². The molecule has 0 aromatic heterocycles. The van der Waals surface area contributed by atoms with E-state index in [0.29, 0.717) is 16.3 Å². The van der Waals surface area contributed by atoms with Crippen LogP contribution in [0.25, 0.3) is 0 Å². The van der Waals surface area contributed by atoms with Crippen molar-refractivity contribution in [3.8, 4) is 17.2 Å². The molecule has 0 amide bonds. The third-order valence-corrected chi connectivity index (χ3v) is 4.93. The van der Waals surface area contributed by atoms with Gasteiger partial charge in [0.15, 0.2) is 11.5 Å². The Morgan fingerprint density at radius 1 is 0.960 bits per heavy atom. The van der Waals surface area contributed by atoms with Crippen LogP contribution >= 0.6 is 12.2 Å². The number of methoxy groups -OCH3 is 2. The van der Waals surface area contributed by atoms with Crippen LogP contribution in [0.5, 0.6) is 17.2 Å². The highest BCUT2D eigenvalue weighted by Gasteiger charge is 2.22. The Balaban J connectivity index is 1.66. The van der Waals surface area contributed by atoms with E-state index in [-0.39, 0.29) is 5.75 Å². The molecule has 2 aromatic rings. The summed E-state index contributed by atoms with van der Waals surface area (Å²) >= 11 is 5.60. The number of aromatic hydroxyl groups is 1. The predicted octanol–water partition coefficient (Wildman–Crippen LogP) is 2.91. The molecule has 1 aliphatic heterocycles. The zero-order valence-corrected chi connectivity index (χ0v) is 15.3. The lowest BCUT2D eigenvalue weighted by Gasteiger charge is -2.37. The number of ether oxygens (including phenoxy) is 2. The molecule has 5 nitrogen and oxygen atoms in total. The normalized spacial score (nSPS) is 14.3. The third kappa shape index (κ3) is 3.64. The molecule has 1 N–H and O–H groups in total. The van der Waals surface area contributed by atoms with Crippen LogP contribution in [0.3, 0.4) is 0 Å². The summed E-state index contributed by atoms with van der Waals surface area (Å²) in [7, 11) is 3.21. The fourth-order valence-electron chi connectivity index (χ4n) is 2.99. The van der Waals surface area contributed by atoms with Crippen LogP contribution < -0.4 is 14.4 Å². The van der Waals surface area contributed by atoms with Crippen molar-refractivity contribution in [3.63, 3.8) is 0 Å². The fourth-order valence-corrected chi connectivity index (χ4v) is 3.34. The number of nitrogens with zero attached hydrogens (tertiary/aromatic N) is 2. The fraction of sp³-hybridized carbons (Fsp3) is 0.316. The monoisotopic (exact) mass is 358 g/mol. The third-order valence-electron chi connectivity index (χ3n) is 4.45. The van der Waals surface area contributed by atoms with Gasteiger partial charge >= 0.3 is 0 Å². The number of rotatable bonds is 4. The van der Waals surface area contributed by atoms with Crippen LogP contribution in [0.4, 0.5) is 5.69 Å². The van der Waals surface area contributed by atoms with Crippen LogP contribution in [0.2, 0.25) is 0 Å². The van der Waals surface area contributed by atoms with Crippen LogP contribution in [-0.4, -0.2) is 55.4 Å². The van der Waals surface area contributed by atoms with Gasteiger partial charge in [0.2, 0.25) is 0 Å². The first kappa shape index (κ1) is 17.4. The first-order chi connectivity index (χ1) is 12.1. The molecule has 2 aromatic carbocycles. The minimum Gasteiger partial charge on any atom is -0.504 e. The molecule has 6 heteroatoms. The smallest absolute Gasteiger partial charge is 0.168 e. The standard InChI is InChI=1S/C19H22N2O3S/c1-23-15-8-6-14(7-9-15)20-10-12-21(13-11-20)19(25)16-4-3-5-17(24-2)18(16)22/h3-9,22H,10-13H2,1-2H3. The molecular formula is C19H22N2O3S. The molecule has 0 atom stereocenters. The molecule has 0 radical (unpaired) electrons. The van der Waals surface area contributed by atoms with Crippen molar-refractivity contribution in [3.05, 3.63) is 48.0 Å². The molecule has 1 aliphatic rings. The van der Waals surface area contributed by atoms with E-state index in [0.717, 1.165) is 31.9 Å². The van der Waals surface area contributed by atoms with Gasteiger partial charge in [0.25, 0.3) is 0 Å². The number of piperazine rings is 1. The molecular weight excluding hydrogens is 336 g/mol. The summed E-state index contributed by atoms with van der Waals surface area (Å²) in [6.45, 7) is 3.36. The van der Waals surface area contributed by atoms with Crippen LogP contribution in [0.1, 0.15) is 5.56 Å². The summed E-state index contributed by atoms with van der Waals surface area (Å²) in [5.74, 6) is 1.40. The Hall–Kier alpha value is -2.47. The summed E-state index contributed by atoms with van der Waals surface area (Å²) in [6.07, 6.45) is 0. The number of hydrogen-bond acceptors (Lipinski definition) is 5. The number of phenols is 1. The number of benzene rings is 2. The highest BCUT2D eigenvalue weighted by atomic mass is 32.1. The number of hydrogen-bond donors (Lipinski definition) is 1. The molecule has 0 unspecified atom stereocenters.